The van der Waals surface area contributed by atoms with Crippen molar-refractivity contribution in [3.63, 3.8) is 0 Å². The largest absolute Gasteiger partial charge is 0.376 e. The summed E-state index contributed by atoms with van der Waals surface area (Å²) in [5.74, 6) is -0.167. The summed E-state index contributed by atoms with van der Waals surface area (Å²) in [5, 5.41) is 2.43. The van der Waals surface area contributed by atoms with Gasteiger partial charge in [-0.05, 0) is 25.1 Å². The molecule has 0 saturated heterocycles. The van der Waals surface area contributed by atoms with Crippen molar-refractivity contribution in [3.05, 3.63) is 0 Å². The first-order valence-corrected chi connectivity index (χ1v) is 4.96. The molecule has 3 N–H and O–H groups in total. The third kappa shape index (κ3) is 3.06. The van der Waals surface area contributed by atoms with Crippen molar-refractivity contribution in [3.8, 4) is 0 Å². The van der Waals surface area contributed by atoms with E-state index >= 15 is 0 Å². The summed E-state index contributed by atoms with van der Waals surface area (Å²) < 4.78 is -0.531. The predicted octanol–water partition coefficient (Wildman–Crippen LogP) is 1.30. The van der Waals surface area contributed by atoms with E-state index in [1.54, 1.807) is 0 Å². The Kier molecular flexibility index (Phi) is 4.70. The summed E-state index contributed by atoms with van der Waals surface area (Å²) in [7, 11) is 0. The van der Waals surface area contributed by atoms with Crippen molar-refractivity contribution in [1.29, 1.82) is 0 Å². The van der Waals surface area contributed by atoms with E-state index in [0.717, 1.165) is 0 Å². The van der Waals surface area contributed by atoms with E-state index in [2.05, 4.69) is 33.5 Å². The Morgan fingerprint density at radius 2 is 2.00 bits per heavy atom. The lowest BCUT2D eigenvalue weighted by atomic mass is 10.0. The predicted molar refractivity (Wildman–Crippen MR) is 57.2 cm³/mol. The van der Waals surface area contributed by atoms with E-state index in [9.17, 15) is 4.79 Å². The standard InChI is InChI=1S/C7H13BrN2OS/c1-3-7(8,4-2)5(11)10-6(9)12/h3-4H2,1-2H3,(H3,9,10,11,12). The highest BCUT2D eigenvalue weighted by atomic mass is 79.9. The lowest BCUT2D eigenvalue weighted by Gasteiger charge is -2.22. The Hall–Kier alpha value is -0.160. The zero-order chi connectivity index (χ0) is 9.78. The van der Waals surface area contributed by atoms with E-state index in [1.165, 1.54) is 0 Å². The Labute approximate surface area is 86.2 Å². The van der Waals surface area contributed by atoms with Crippen LogP contribution in [0.2, 0.25) is 0 Å². The number of alkyl halides is 1. The lowest BCUT2D eigenvalue weighted by Crippen LogP contribution is -2.46. The van der Waals surface area contributed by atoms with Crippen LogP contribution < -0.4 is 11.1 Å². The summed E-state index contributed by atoms with van der Waals surface area (Å²) in [6.45, 7) is 3.86. The molecule has 0 fully saturated rings. The van der Waals surface area contributed by atoms with Crippen LogP contribution in [0, 0.1) is 0 Å². The topological polar surface area (TPSA) is 55.1 Å². The molecular weight excluding hydrogens is 240 g/mol. The van der Waals surface area contributed by atoms with Crippen molar-refractivity contribution < 1.29 is 4.79 Å². The molecule has 0 bridgehead atoms. The maximum Gasteiger partial charge on any atom is 0.242 e. The summed E-state index contributed by atoms with van der Waals surface area (Å²) in [5.41, 5.74) is 5.18. The fourth-order valence-electron chi connectivity index (χ4n) is 0.795. The van der Waals surface area contributed by atoms with Gasteiger partial charge in [0, 0.05) is 0 Å². The molecule has 0 heterocycles. The molecule has 0 saturated carbocycles. The first kappa shape index (κ1) is 11.8. The zero-order valence-electron chi connectivity index (χ0n) is 7.19. The normalized spacial score (nSPS) is 10.9. The molecule has 12 heavy (non-hydrogen) atoms. The van der Waals surface area contributed by atoms with Gasteiger partial charge in [0.2, 0.25) is 5.91 Å². The quantitative estimate of drug-likeness (QED) is 0.588. The van der Waals surface area contributed by atoms with Crippen LogP contribution in [-0.2, 0) is 4.79 Å². The number of rotatable bonds is 3. The third-order valence-electron chi connectivity index (χ3n) is 1.76. The molecular formula is C7H13BrN2OS. The molecule has 0 rings (SSSR count). The number of amides is 1. The Balaban J connectivity index is 4.32. The average Bonchev–Trinajstić information content (AvgIpc) is 2.02. The zero-order valence-corrected chi connectivity index (χ0v) is 9.59. The Morgan fingerprint density at radius 3 is 2.25 bits per heavy atom. The summed E-state index contributed by atoms with van der Waals surface area (Å²) in [6, 6.07) is 0. The van der Waals surface area contributed by atoms with E-state index in [0.29, 0.717) is 12.8 Å². The molecule has 0 radical (unpaired) electrons. The second kappa shape index (κ2) is 4.77. The number of thiocarbonyl (C=S) groups is 1. The Morgan fingerprint density at radius 1 is 1.58 bits per heavy atom. The van der Waals surface area contributed by atoms with Gasteiger partial charge in [0.25, 0.3) is 0 Å². The molecule has 0 atom stereocenters. The first-order chi connectivity index (χ1) is 5.46. The summed E-state index contributed by atoms with van der Waals surface area (Å²) >= 11 is 7.91. The van der Waals surface area contributed by atoms with Gasteiger partial charge in [-0.2, -0.15) is 0 Å². The fourth-order valence-corrected chi connectivity index (χ4v) is 0.987. The monoisotopic (exact) mass is 252 g/mol. The van der Waals surface area contributed by atoms with Crippen molar-refractivity contribution in [2.75, 3.05) is 0 Å². The molecule has 5 heteroatoms. The molecule has 0 spiro atoms. The fraction of sp³-hybridized carbons (Fsp3) is 0.714. The van der Waals surface area contributed by atoms with Crippen molar-refractivity contribution in [2.45, 2.75) is 31.0 Å². The van der Waals surface area contributed by atoms with E-state index in [1.807, 2.05) is 13.8 Å². The number of carbonyl (C=O) groups excluding carboxylic acids is 1. The van der Waals surface area contributed by atoms with Gasteiger partial charge in [0.05, 0.1) is 0 Å². The van der Waals surface area contributed by atoms with Gasteiger partial charge in [-0.25, -0.2) is 0 Å². The number of nitrogens with two attached hydrogens (primary N) is 1. The third-order valence-corrected chi connectivity index (χ3v) is 3.35. The lowest BCUT2D eigenvalue weighted by molar-refractivity contribution is -0.121. The minimum absolute atomic E-state index is 0.0192. The van der Waals surface area contributed by atoms with Crippen molar-refractivity contribution in [2.24, 2.45) is 5.73 Å². The van der Waals surface area contributed by atoms with Crippen LogP contribution in [0.4, 0.5) is 0 Å². The van der Waals surface area contributed by atoms with Crippen LogP contribution >= 0.6 is 28.1 Å². The van der Waals surface area contributed by atoms with E-state index in [4.69, 9.17) is 5.73 Å². The van der Waals surface area contributed by atoms with Crippen LogP contribution in [0.3, 0.4) is 0 Å². The summed E-state index contributed by atoms with van der Waals surface area (Å²) in [6.07, 6.45) is 1.41. The molecule has 0 unspecified atom stereocenters. The van der Waals surface area contributed by atoms with Crippen LogP contribution in [0.1, 0.15) is 26.7 Å². The van der Waals surface area contributed by atoms with Gasteiger partial charge >= 0.3 is 0 Å². The minimum Gasteiger partial charge on any atom is -0.376 e. The van der Waals surface area contributed by atoms with Crippen LogP contribution in [0.5, 0.6) is 0 Å². The van der Waals surface area contributed by atoms with Gasteiger partial charge in [0.1, 0.15) is 4.32 Å². The van der Waals surface area contributed by atoms with Crippen LogP contribution in [0.25, 0.3) is 0 Å². The van der Waals surface area contributed by atoms with Gasteiger partial charge in [-0.1, -0.05) is 29.8 Å². The highest BCUT2D eigenvalue weighted by Crippen LogP contribution is 2.26. The van der Waals surface area contributed by atoms with Gasteiger partial charge < -0.3 is 11.1 Å². The van der Waals surface area contributed by atoms with Gasteiger partial charge in [0.15, 0.2) is 5.11 Å². The molecule has 0 aliphatic rings. The number of nitrogens with one attached hydrogen (secondary N) is 1. The number of hydrogen-bond acceptors (Lipinski definition) is 2. The van der Waals surface area contributed by atoms with Gasteiger partial charge in [-0.15, -0.1) is 0 Å². The molecule has 1 amide bonds. The van der Waals surface area contributed by atoms with E-state index < -0.39 is 4.32 Å². The van der Waals surface area contributed by atoms with Crippen molar-refractivity contribution in [1.82, 2.24) is 5.32 Å². The summed E-state index contributed by atoms with van der Waals surface area (Å²) in [4.78, 5) is 11.4. The second-order valence-electron chi connectivity index (χ2n) is 2.49. The molecule has 0 aliphatic carbocycles. The number of hydrogen-bond donors (Lipinski definition) is 2. The van der Waals surface area contributed by atoms with E-state index in [-0.39, 0.29) is 11.0 Å². The average molecular weight is 253 g/mol. The van der Waals surface area contributed by atoms with Gasteiger partial charge in [-0.3, -0.25) is 4.79 Å². The Bertz CT molecular complexity index is 192. The second-order valence-corrected chi connectivity index (χ2v) is 4.45. The SMILES string of the molecule is CCC(Br)(CC)C(=O)NC(N)=S. The molecule has 0 aromatic heterocycles. The number of halogens is 1. The van der Waals surface area contributed by atoms with Crippen LogP contribution in [-0.4, -0.2) is 15.3 Å². The smallest absolute Gasteiger partial charge is 0.242 e. The van der Waals surface area contributed by atoms with Crippen molar-refractivity contribution >= 4 is 39.2 Å². The molecule has 70 valence electrons. The minimum atomic E-state index is -0.531. The first-order valence-electron chi connectivity index (χ1n) is 3.76. The maximum absolute atomic E-state index is 11.4. The number of carbonyl (C=O) groups is 1. The highest BCUT2D eigenvalue weighted by Gasteiger charge is 2.31. The molecule has 0 aromatic carbocycles. The maximum atomic E-state index is 11.4. The molecule has 0 aliphatic heterocycles. The van der Waals surface area contributed by atoms with Crippen LogP contribution in [0.15, 0.2) is 0 Å². The molecule has 3 nitrogen and oxygen atoms in total. The molecule has 0 aromatic rings. The highest BCUT2D eigenvalue weighted by molar-refractivity contribution is 9.10.